The molecule has 1 aliphatic heterocycles. The number of piperidine rings is 1. The highest BCUT2D eigenvalue weighted by atomic mass is 127. The van der Waals surface area contributed by atoms with Crippen molar-refractivity contribution in [2.45, 2.75) is 57.5 Å². The van der Waals surface area contributed by atoms with Crippen molar-refractivity contribution in [3.63, 3.8) is 0 Å². The van der Waals surface area contributed by atoms with Gasteiger partial charge in [0.15, 0.2) is 5.96 Å². The minimum Gasteiger partial charge on any atom is -0.357 e. The van der Waals surface area contributed by atoms with Gasteiger partial charge in [0.1, 0.15) is 0 Å². The monoisotopic (exact) mass is 576 g/mol. The van der Waals surface area contributed by atoms with Gasteiger partial charge in [-0.05, 0) is 37.8 Å². The average molecular weight is 576 g/mol. The predicted octanol–water partition coefficient (Wildman–Crippen LogP) is 3.76. The third kappa shape index (κ3) is 7.21. The van der Waals surface area contributed by atoms with Gasteiger partial charge in [0.25, 0.3) is 0 Å². The number of nitrogens with one attached hydrogen (secondary N) is 2. The van der Waals surface area contributed by atoms with E-state index in [4.69, 9.17) is 0 Å². The molecule has 0 unspecified atom stereocenters. The van der Waals surface area contributed by atoms with Crippen LogP contribution in [0.4, 0.5) is 13.2 Å². The third-order valence-electron chi connectivity index (χ3n) is 5.28. The van der Waals surface area contributed by atoms with Gasteiger partial charge in [-0.3, -0.25) is 4.99 Å². The maximum atomic E-state index is 12.7. The highest BCUT2D eigenvalue weighted by Gasteiger charge is 2.50. The van der Waals surface area contributed by atoms with E-state index in [1.54, 1.807) is 0 Å². The summed E-state index contributed by atoms with van der Waals surface area (Å²) in [7, 11) is -5.27. The second kappa shape index (κ2) is 11.2. The Hall–Kier alpha value is -1.08. The highest BCUT2D eigenvalue weighted by Crippen LogP contribution is 2.29. The molecule has 0 saturated carbocycles. The Morgan fingerprint density at radius 1 is 1.19 bits per heavy atom. The van der Waals surface area contributed by atoms with Crippen molar-refractivity contribution in [2.24, 2.45) is 4.99 Å². The Morgan fingerprint density at radius 2 is 1.77 bits per heavy atom. The molecule has 0 atom stereocenters. The van der Waals surface area contributed by atoms with Crippen LogP contribution in [-0.2, 0) is 15.4 Å². The minimum atomic E-state index is -5.27. The Balaban J connectivity index is 0.00000480. The van der Waals surface area contributed by atoms with Crippen LogP contribution in [0.1, 0.15) is 44.7 Å². The van der Waals surface area contributed by atoms with Gasteiger partial charge in [0.2, 0.25) is 0 Å². The van der Waals surface area contributed by atoms with Gasteiger partial charge in [-0.25, -0.2) is 8.42 Å². The van der Waals surface area contributed by atoms with E-state index in [9.17, 15) is 21.6 Å². The molecule has 0 spiro atoms. The summed E-state index contributed by atoms with van der Waals surface area (Å²) < 4.78 is 61.8. The SMILES string of the molecule is CCNC(=NCC(C)(C)c1ccccc1C)NC1CCN(S(=O)(=O)C(F)(F)F)CC1.I. The van der Waals surface area contributed by atoms with Crippen LogP contribution < -0.4 is 10.6 Å². The first-order valence-electron chi connectivity index (χ1n) is 10.1. The lowest BCUT2D eigenvalue weighted by Gasteiger charge is -2.33. The zero-order chi connectivity index (χ0) is 22.6. The molecule has 1 aromatic carbocycles. The van der Waals surface area contributed by atoms with E-state index in [0.29, 0.717) is 23.4 Å². The van der Waals surface area contributed by atoms with E-state index >= 15 is 0 Å². The van der Waals surface area contributed by atoms with Crippen molar-refractivity contribution in [1.82, 2.24) is 14.9 Å². The predicted molar refractivity (Wildman–Crippen MR) is 128 cm³/mol. The molecule has 0 aromatic heterocycles. The van der Waals surface area contributed by atoms with Crippen molar-refractivity contribution in [1.29, 1.82) is 0 Å². The Morgan fingerprint density at radius 3 is 2.29 bits per heavy atom. The first kappa shape index (κ1) is 28.0. The molecular formula is C20H32F3IN4O2S. The number of sulfonamides is 1. The Kier molecular flexibility index (Phi) is 10.1. The minimum absolute atomic E-state index is 0. The summed E-state index contributed by atoms with van der Waals surface area (Å²) in [5, 5.41) is 6.40. The average Bonchev–Trinajstić information content (AvgIpc) is 2.66. The van der Waals surface area contributed by atoms with Crippen LogP contribution >= 0.6 is 24.0 Å². The quantitative estimate of drug-likeness (QED) is 0.308. The number of guanidine groups is 1. The van der Waals surface area contributed by atoms with Gasteiger partial charge in [-0.1, -0.05) is 38.1 Å². The highest BCUT2D eigenvalue weighted by molar-refractivity contribution is 14.0. The lowest BCUT2D eigenvalue weighted by molar-refractivity contribution is -0.0494. The molecule has 2 rings (SSSR count). The molecule has 31 heavy (non-hydrogen) atoms. The summed E-state index contributed by atoms with van der Waals surface area (Å²) in [6, 6.07) is 7.99. The molecule has 178 valence electrons. The van der Waals surface area contributed by atoms with Gasteiger partial charge < -0.3 is 10.6 Å². The van der Waals surface area contributed by atoms with E-state index in [2.05, 4.69) is 48.5 Å². The smallest absolute Gasteiger partial charge is 0.357 e. The maximum absolute atomic E-state index is 12.7. The fourth-order valence-corrected chi connectivity index (χ4v) is 4.58. The summed E-state index contributed by atoms with van der Waals surface area (Å²) in [4.78, 5) is 4.69. The van der Waals surface area contributed by atoms with Crippen molar-refractivity contribution in [2.75, 3.05) is 26.2 Å². The molecule has 1 saturated heterocycles. The maximum Gasteiger partial charge on any atom is 0.511 e. The second-order valence-corrected chi connectivity index (χ2v) is 10.1. The van der Waals surface area contributed by atoms with Gasteiger partial charge in [0, 0.05) is 31.1 Å². The number of nitrogens with zero attached hydrogens (tertiary/aromatic N) is 2. The van der Waals surface area contributed by atoms with Crippen LogP contribution in [0.2, 0.25) is 0 Å². The van der Waals surface area contributed by atoms with Gasteiger partial charge in [-0.2, -0.15) is 17.5 Å². The zero-order valence-electron chi connectivity index (χ0n) is 18.3. The molecule has 1 heterocycles. The lowest BCUT2D eigenvalue weighted by Crippen LogP contribution is -2.51. The summed E-state index contributed by atoms with van der Waals surface area (Å²) in [5.74, 6) is 0.580. The Bertz CT molecular complexity index is 852. The number of hydrogen-bond donors (Lipinski definition) is 2. The number of hydrogen-bond acceptors (Lipinski definition) is 3. The van der Waals surface area contributed by atoms with Crippen LogP contribution in [0.15, 0.2) is 29.3 Å². The summed E-state index contributed by atoms with van der Waals surface area (Å²) in [5.41, 5.74) is -3.06. The largest absolute Gasteiger partial charge is 0.511 e. The zero-order valence-corrected chi connectivity index (χ0v) is 21.4. The Labute approximate surface area is 200 Å². The van der Waals surface area contributed by atoms with E-state index in [0.717, 1.165) is 0 Å². The molecule has 1 aliphatic rings. The first-order valence-corrected chi connectivity index (χ1v) is 11.5. The van der Waals surface area contributed by atoms with E-state index < -0.39 is 15.5 Å². The molecule has 11 heteroatoms. The standard InChI is InChI=1S/C20H31F3N4O2S.HI/c1-5-24-18(25-14-19(3,4)17-9-7-6-8-15(17)2)26-16-10-12-27(13-11-16)30(28,29)20(21,22)23;/h6-9,16H,5,10-14H2,1-4H3,(H2,24,25,26);1H. The van der Waals surface area contributed by atoms with E-state index in [1.165, 1.54) is 11.1 Å². The lowest BCUT2D eigenvalue weighted by atomic mass is 9.82. The molecule has 2 N–H and O–H groups in total. The second-order valence-electron chi connectivity index (χ2n) is 8.16. The van der Waals surface area contributed by atoms with Crippen molar-refractivity contribution < 1.29 is 21.6 Å². The number of aliphatic imine (C=N–C) groups is 1. The van der Waals surface area contributed by atoms with E-state index in [-0.39, 0.29) is 61.4 Å². The molecular weight excluding hydrogens is 544 g/mol. The number of rotatable bonds is 6. The fraction of sp³-hybridized carbons (Fsp3) is 0.650. The first-order chi connectivity index (χ1) is 13.9. The molecule has 1 aromatic rings. The molecule has 6 nitrogen and oxygen atoms in total. The van der Waals surface area contributed by atoms with Crippen LogP contribution in [0.3, 0.4) is 0 Å². The molecule has 0 amide bonds. The number of benzene rings is 1. The van der Waals surface area contributed by atoms with E-state index in [1.807, 2.05) is 19.1 Å². The third-order valence-corrected chi connectivity index (χ3v) is 6.91. The van der Waals surface area contributed by atoms with Crippen LogP contribution in [0.25, 0.3) is 0 Å². The summed E-state index contributed by atoms with van der Waals surface area (Å²) in [6.07, 6.45) is 0.557. The van der Waals surface area contributed by atoms with Crippen molar-refractivity contribution in [3.8, 4) is 0 Å². The fourth-order valence-electron chi connectivity index (χ4n) is 3.59. The number of halogens is 4. The normalized spacial score (nSPS) is 17.2. The summed E-state index contributed by atoms with van der Waals surface area (Å²) >= 11 is 0. The van der Waals surface area contributed by atoms with Crippen LogP contribution in [-0.4, -0.2) is 56.4 Å². The van der Waals surface area contributed by atoms with Gasteiger partial charge >= 0.3 is 15.5 Å². The molecule has 0 radical (unpaired) electrons. The summed E-state index contributed by atoms with van der Waals surface area (Å²) in [6.45, 7) is 9.04. The van der Waals surface area contributed by atoms with Crippen molar-refractivity contribution >= 4 is 40.0 Å². The number of alkyl halides is 3. The molecule has 0 aliphatic carbocycles. The topological polar surface area (TPSA) is 73.8 Å². The van der Waals surface area contributed by atoms with Gasteiger partial charge in [0.05, 0.1) is 6.54 Å². The van der Waals surface area contributed by atoms with Crippen LogP contribution in [0, 0.1) is 6.92 Å². The molecule has 1 fully saturated rings. The van der Waals surface area contributed by atoms with Gasteiger partial charge in [-0.15, -0.1) is 24.0 Å². The number of aryl methyl sites for hydroxylation is 1. The molecule has 0 bridgehead atoms. The van der Waals surface area contributed by atoms with Crippen molar-refractivity contribution in [3.05, 3.63) is 35.4 Å². The van der Waals surface area contributed by atoms with Crippen LogP contribution in [0.5, 0.6) is 0 Å².